The van der Waals surface area contributed by atoms with Crippen molar-refractivity contribution >= 4 is 5.97 Å². The summed E-state index contributed by atoms with van der Waals surface area (Å²) in [5.41, 5.74) is 0. The average molecular weight is 147 g/mol. The molecule has 0 saturated carbocycles. The Morgan fingerprint density at radius 3 is 1.90 bits per heavy atom. The largest absolute Gasteiger partial charge is 0.214 e. The molecule has 0 spiro atoms. The second-order valence-electron chi connectivity index (χ2n) is 1.01. The summed E-state index contributed by atoms with van der Waals surface area (Å²) >= 11 is 0. The summed E-state index contributed by atoms with van der Waals surface area (Å²) < 4.78 is 23.2. The van der Waals surface area contributed by atoms with E-state index in [0.29, 0.717) is 0 Å². The zero-order valence-electron chi connectivity index (χ0n) is 6.19. The lowest BCUT2D eigenvalue weighted by Gasteiger charge is -1.80. The molecule has 10 heavy (non-hydrogen) atoms. The molecule has 58 valence electrons. The van der Waals surface area contributed by atoms with Crippen molar-refractivity contribution in [1.29, 1.82) is 0 Å². The van der Waals surface area contributed by atoms with Gasteiger partial charge in [0, 0.05) is 0 Å². The van der Waals surface area contributed by atoms with E-state index >= 15 is 0 Å². The van der Waals surface area contributed by atoms with Gasteiger partial charge in [0.2, 0.25) is 11.9 Å². The number of hydrogen-bond acceptors (Lipinski definition) is 1. The third-order valence-electron chi connectivity index (χ3n) is 0.397. The average Bonchev–Trinajstić information content (AvgIpc) is 1.91. The zero-order valence-corrected chi connectivity index (χ0v) is 6.19. The van der Waals surface area contributed by atoms with Crippen LogP contribution in [0.3, 0.4) is 0 Å². The molecule has 0 aliphatic heterocycles. The fraction of sp³-hybridized carbons (Fsp3) is 0.286. The van der Waals surface area contributed by atoms with Crippen LogP contribution < -0.4 is 0 Å². The van der Waals surface area contributed by atoms with Gasteiger partial charge in [-0.2, -0.15) is 13.8 Å². The summed E-state index contributed by atoms with van der Waals surface area (Å²) in [6, 6.07) is 0. The van der Waals surface area contributed by atoms with Gasteiger partial charge in [-0.3, -0.25) is 0 Å². The summed E-state index contributed by atoms with van der Waals surface area (Å²) in [5, 5.41) is 0. The van der Waals surface area contributed by atoms with Crippen LogP contribution >= 0.6 is 0 Å². The predicted molar refractivity (Wildman–Crippen MR) is 40.3 cm³/mol. The van der Waals surface area contributed by atoms with E-state index in [9.17, 15) is 8.78 Å². The van der Waals surface area contributed by atoms with Gasteiger partial charge in [0.1, 0.15) is 0 Å². The molecule has 0 saturated heterocycles. The van der Waals surface area contributed by atoms with Crippen LogP contribution in [0.5, 0.6) is 0 Å². The van der Waals surface area contributed by atoms with Gasteiger partial charge in [0.15, 0.2) is 0 Å². The van der Waals surface area contributed by atoms with Crippen molar-refractivity contribution in [3.8, 4) is 0 Å². The summed E-state index contributed by atoms with van der Waals surface area (Å²) in [5.74, 6) is -2.01. The molecule has 0 aromatic heterocycles. The molecule has 0 aliphatic carbocycles. The fourth-order valence-electron chi connectivity index (χ4n) is 0.162. The van der Waals surface area contributed by atoms with Crippen molar-refractivity contribution in [3.63, 3.8) is 0 Å². The van der Waals surface area contributed by atoms with Crippen LogP contribution in [-0.4, -0.2) is 5.97 Å². The lowest BCUT2D eigenvalue weighted by atomic mass is 10.7. The summed E-state index contributed by atoms with van der Waals surface area (Å²) in [7, 11) is 0. The first-order valence-electron chi connectivity index (χ1n) is 2.88. The smallest absolute Gasteiger partial charge is 0.191 e. The maximum absolute atomic E-state index is 11.7. The molecule has 0 heterocycles. The van der Waals surface area contributed by atoms with Crippen molar-refractivity contribution in [2.24, 2.45) is 4.99 Å². The van der Waals surface area contributed by atoms with Gasteiger partial charge < -0.3 is 0 Å². The number of nitrogens with zero attached hydrogens (tertiary/aromatic N) is 1. The van der Waals surface area contributed by atoms with Gasteiger partial charge in [0.25, 0.3) is 0 Å². The van der Waals surface area contributed by atoms with Crippen LogP contribution in [0.25, 0.3) is 0 Å². The summed E-state index contributed by atoms with van der Waals surface area (Å²) in [6.07, 6.45) is 0.796. The van der Waals surface area contributed by atoms with E-state index in [0.717, 1.165) is 6.08 Å². The molecule has 0 atom stereocenters. The van der Waals surface area contributed by atoms with E-state index in [2.05, 4.69) is 18.2 Å². The van der Waals surface area contributed by atoms with Gasteiger partial charge in [-0.1, -0.05) is 20.4 Å². The first-order valence-corrected chi connectivity index (χ1v) is 2.88. The molecular weight excluding hydrogens is 136 g/mol. The predicted octanol–water partition coefficient (Wildman–Crippen LogP) is 3.01. The quantitative estimate of drug-likeness (QED) is 0.420. The molecule has 0 aromatic rings. The monoisotopic (exact) mass is 147 g/mol. The second-order valence-corrected chi connectivity index (χ2v) is 1.01. The number of rotatable bonds is 2. The van der Waals surface area contributed by atoms with Gasteiger partial charge >= 0.3 is 0 Å². The molecule has 3 heteroatoms. The molecule has 0 amide bonds. The summed E-state index contributed by atoms with van der Waals surface area (Å²) in [4.78, 5) is 2.67. The van der Waals surface area contributed by atoms with Crippen molar-refractivity contribution in [1.82, 2.24) is 0 Å². The third-order valence-corrected chi connectivity index (χ3v) is 0.397. The van der Waals surface area contributed by atoms with Gasteiger partial charge in [-0.25, -0.2) is 0 Å². The number of hydrogen-bond donors (Lipinski definition) is 0. The van der Waals surface area contributed by atoms with E-state index in [1.807, 2.05) is 13.8 Å². The number of aliphatic imine (C=N–C) groups is 1. The highest BCUT2D eigenvalue weighted by Gasteiger charge is 1.86. The molecule has 0 bridgehead atoms. The molecule has 0 N–H and O–H groups in total. The SMILES string of the molecule is C=C/C(F)=N\C(=C)F.CC. The topological polar surface area (TPSA) is 12.4 Å². The molecule has 0 unspecified atom stereocenters. The van der Waals surface area contributed by atoms with Gasteiger partial charge in [0.05, 0.1) is 0 Å². The zero-order chi connectivity index (χ0) is 8.57. The van der Waals surface area contributed by atoms with Crippen LogP contribution in [0.1, 0.15) is 13.8 Å². The standard InChI is InChI=1S/C5H5F2N.C2H6/c1-3-5(7)8-4(2)6;1-2/h3H,1-2H2;1-2H3/b8-5+;. The van der Waals surface area contributed by atoms with E-state index in [1.54, 1.807) is 0 Å². The van der Waals surface area contributed by atoms with E-state index < -0.39 is 11.9 Å². The van der Waals surface area contributed by atoms with E-state index in [-0.39, 0.29) is 0 Å². The van der Waals surface area contributed by atoms with Crippen LogP contribution in [0.2, 0.25) is 0 Å². The van der Waals surface area contributed by atoms with E-state index in [4.69, 9.17) is 0 Å². The minimum Gasteiger partial charge on any atom is -0.191 e. The lowest BCUT2D eigenvalue weighted by molar-refractivity contribution is 0.626. The Labute approximate surface area is 59.8 Å². The Balaban J connectivity index is 0. The third kappa shape index (κ3) is 10.1. The Morgan fingerprint density at radius 1 is 1.40 bits per heavy atom. The second kappa shape index (κ2) is 8.01. The molecule has 0 fully saturated rings. The minimum atomic E-state index is -1.05. The Kier molecular flexibility index (Phi) is 9.42. The lowest BCUT2D eigenvalue weighted by Crippen LogP contribution is -1.77. The maximum atomic E-state index is 11.7. The Hall–Kier alpha value is -0.990. The molecule has 0 rings (SSSR count). The Bertz CT molecular complexity index is 139. The highest BCUT2D eigenvalue weighted by Crippen LogP contribution is 1.94. The van der Waals surface area contributed by atoms with Gasteiger partial charge in [-0.15, -0.1) is 0 Å². The Morgan fingerprint density at radius 2 is 1.80 bits per heavy atom. The van der Waals surface area contributed by atoms with Crippen molar-refractivity contribution in [3.05, 3.63) is 25.2 Å². The maximum Gasteiger partial charge on any atom is 0.214 e. The fourth-order valence-corrected chi connectivity index (χ4v) is 0.162. The normalized spacial score (nSPS) is 9.40. The van der Waals surface area contributed by atoms with Crippen molar-refractivity contribution in [2.45, 2.75) is 13.8 Å². The van der Waals surface area contributed by atoms with Crippen LogP contribution in [0.4, 0.5) is 8.78 Å². The van der Waals surface area contributed by atoms with E-state index in [1.165, 1.54) is 0 Å². The molecule has 0 radical (unpaired) electrons. The first-order chi connectivity index (χ1) is 4.66. The molecule has 1 nitrogen and oxygen atoms in total. The summed E-state index contributed by atoms with van der Waals surface area (Å²) in [6.45, 7) is 9.70. The van der Waals surface area contributed by atoms with Crippen LogP contribution in [0, 0.1) is 0 Å². The molecule has 0 aliphatic rings. The highest BCUT2D eigenvalue weighted by atomic mass is 19.1. The van der Waals surface area contributed by atoms with Gasteiger partial charge in [-0.05, 0) is 12.7 Å². The van der Waals surface area contributed by atoms with Crippen LogP contribution in [-0.2, 0) is 0 Å². The number of allylic oxidation sites excluding steroid dienone is 1. The number of halogens is 2. The van der Waals surface area contributed by atoms with Crippen molar-refractivity contribution in [2.75, 3.05) is 0 Å². The molecule has 0 aromatic carbocycles. The molecular formula is C7H11F2N. The van der Waals surface area contributed by atoms with Crippen LogP contribution in [0.15, 0.2) is 30.2 Å². The first kappa shape index (κ1) is 11.8. The minimum absolute atomic E-state index is 0.796. The van der Waals surface area contributed by atoms with Crippen molar-refractivity contribution < 1.29 is 8.78 Å². The highest BCUT2D eigenvalue weighted by molar-refractivity contribution is 5.86.